The number of hydrogen-bond donors (Lipinski definition) is 0. The van der Waals surface area contributed by atoms with E-state index in [0.717, 1.165) is 0 Å². The quantitative estimate of drug-likeness (QED) is 0.303. The third-order valence-electron chi connectivity index (χ3n) is 0. The molecule has 0 amide bonds. The van der Waals surface area contributed by atoms with Gasteiger partial charge in [0.2, 0.25) is 0 Å². The van der Waals surface area contributed by atoms with Crippen LogP contribution in [0.3, 0.4) is 0 Å². The standard InChI is InChI=1S/Al.Hg.In.Pb.Zn. The molecular weight excluding hydrogens is 615 g/mol. The van der Waals surface area contributed by atoms with Gasteiger partial charge >= 0.3 is 0 Å². The Balaban J connectivity index is 0. The van der Waals surface area contributed by atoms with Crippen LogP contribution in [0.1, 0.15) is 0 Å². The minimum atomic E-state index is 0. The van der Waals surface area contributed by atoms with Gasteiger partial charge in [0.1, 0.15) is 0 Å². The molecule has 0 atom stereocenters. The van der Waals surface area contributed by atoms with Crippen LogP contribution in [0.4, 0.5) is 0 Å². The summed E-state index contributed by atoms with van der Waals surface area (Å²) in [6.45, 7) is 0. The van der Waals surface area contributed by atoms with Crippen LogP contribution in [0, 0.1) is 0 Å². The van der Waals surface area contributed by atoms with E-state index in [1.54, 1.807) is 0 Å². The summed E-state index contributed by atoms with van der Waals surface area (Å²) >= 11 is 0. The fourth-order valence-electron chi connectivity index (χ4n) is 0. The van der Waals surface area contributed by atoms with Crippen molar-refractivity contribution in [3.8, 4) is 0 Å². The summed E-state index contributed by atoms with van der Waals surface area (Å²) in [6.07, 6.45) is 0. The fourth-order valence-corrected chi connectivity index (χ4v) is 0. The zero-order chi connectivity index (χ0) is 0. The van der Waals surface area contributed by atoms with E-state index in [-0.39, 0.29) is 118 Å². The molecule has 0 aliphatic rings. The summed E-state index contributed by atoms with van der Waals surface area (Å²) in [6, 6.07) is 0. The van der Waals surface area contributed by atoms with Crippen molar-refractivity contribution in [3.05, 3.63) is 0 Å². The first kappa shape index (κ1) is 36.6. The Bertz CT molecular complexity index is 11.6. The van der Waals surface area contributed by atoms with Crippen molar-refractivity contribution >= 4 is 70.5 Å². The molecule has 0 rings (SSSR count). The van der Waals surface area contributed by atoms with Crippen molar-refractivity contribution in [2.24, 2.45) is 0 Å². The minimum absolute atomic E-state index is 0. The zero-order valence-electron chi connectivity index (χ0n) is 3.07. The predicted molar refractivity (Wildman–Crippen MR) is 17.3 cm³/mol. The van der Waals surface area contributed by atoms with E-state index >= 15 is 0 Å². The van der Waals surface area contributed by atoms with Crippen LogP contribution in [-0.4, -0.2) is 70.5 Å². The molecule has 0 spiro atoms. The Hall–Kier alpha value is 3.88. The van der Waals surface area contributed by atoms with Crippen LogP contribution >= 0.6 is 0 Å². The summed E-state index contributed by atoms with van der Waals surface area (Å²) in [4.78, 5) is 0. The molecule has 0 aliphatic carbocycles. The number of rotatable bonds is 0. The van der Waals surface area contributed by atoms with Gasteiger partial charge < -0.3 is 0 Å². The Morgan fingerprint density at radius 3 is 1.00 bits per heavy atom. The summed E-state index contributed by atoms with van der Waals surface area (Å²) in [5.74, 6) is 0. The molecule has 0 heterocycles. The molecule has 0 aromatic rings. The largest absolute Gasteiger partial charge is 0 e. The van der Waals surface area contributed by atoms with E-state index in [1.165, 1.54) is 0 Å². The smallest absolute Gasteiger partial charge is 0 e. The molecule has 0 saturated carbocycles. The summed E-state index contributed by atoms with van der Waals surface area (Å²) < 4.78 is 0. The normalized spacial score (nSPS) is 0. The van der Waals surface area contributed by atoms with Crippen LogP contribution in [0.5, 0.6) is 0 Å². The maximum absolute atomic E-state index is 0. The molecule has 5 heavy (non-hydrogen) atoms. The Morgan fingerprint density at radius 1 is 1.00 bits per heavy atom. The van der Waals surface area contributed by atoms with Crippen molar-refractivity contribution in [2.75, 3.05) is 0 Å². The number of hydrogen-bond acceptors (Lipinski definition) is 0. The van der Waals surface area contributed by atoms with Gasteiger partial charge in [0.05, 0.1) is 0 Å². The second-order valence-corrected chi connectivity index (χ2v) is 0. The van der Waals surface area contributed by atoms with Crippen molar-refractivity contribution < 1.29 is 47.1 Å². The van der Waals surface area contributed by atoms with Crippen molar-refractivity contribution in [3.63, 3.8) is 0 Å². The molecule has 0 unspecified atom stereocenters. The SMILES string of the molecule is [Al].[Hg].[In].[Pb].[Zn]. The molecule has 0 aromatic heterocycles. The molecule has 0 aliphatic heterocycles. The van der Waals surface area contributed by atoms with E-state index in [1.807, 2.05) is 0 Å². The first-order valence-electron chi connectivity index (χ1n) is 0. The van der Waals surface area contributed by atoms with Crippen molar-refractivity contribution in [1.29, 1.82) is 0 Å². The van der Waals surface area contributed by atoms with E-state index in [2.05, 4.69) is 0 Å². The van der Waals surface area contributed by atoms with Gasteiger partial charge in [0.15, 0.2) is 0 Å². The van der Waals surface area contributed by atoms with Gasteiger partial charge in [-0.15, -0.1) is 0 Å². The monoisotopic (exact) mass is 616 g/mol. The van der Waals surface area contributed by atoms with Gasteiger partial charge in [-0.2, -0.15) is 0 Å². The van der Waals surface area contributed by atoms with Crippen LogP contribution in [-0.2, 0) is 47.1 Å². The van der Waals surface area contributed by atoms with E-state index < -0.39 is 0 Å². The van der Waals surface area contributed by atoms with E-state index in [0.29, 0.717) is 0 Å². The average Bonchev–Trinajstić information content (AvgIpc) is 0. The molecule has 0 nitrogen and oxygen atoms in total. The molecule has 14 valence electrons. The van der Waals surface area contributed by atoms with Gasteiger partial charge in [-0.3, -0.25) is 0 Å². The van der Waals surface area contributed by atoms with Gasteiger partial charge in [-0.25, -0.2) is 0 Å². The zero-order valence-corrected chi connectivity index (χ0v) is 19.9. The molecule has 0 bridgehead atoms. The molecule has 0 N–H and O–H groups in total. The third kappa shape index (κ3) is 18.1. The van der Waals surface area contributed by atoms with Crippen LogP contribution in [0.2, 0.25) is 0 Å². The Labute approximate surface area is 115 Å². The summed E-state index contributed by atoms with van der Waals surface area (Å²) in [5.41, 5.74) is 0. The maximum atomic E-state index is 0. The molecule has 0 fully saturated rings. The topological polar surface area (TPSA) is 0 Å². The second-order valence-electron chi connectivity index (χ2n) is 0. The second kappa shape index (κ2) is 24.8. The Kier molecular flexibility index (Phi) is 181. The average molecular weight is 615 g/mol. The van der Waals surface area contributed by atoms with E-state index in [4.69, 9.17) is 0 Å². The molecule has 0 aromatic carbocycles. The minimum Gasteiger partial charge on any atom is 0 e. The van der Waals surface area contributed by atoms with Crippen molar-refractivity contribution in [1.82, 2.24) is 0 Å². The van der Waals surface area contributed by atoms with Gasteiger partial charge in [0.25, 0.3) is 0 Å². The van der Waals surface area contributed by atoms with Gasteiger partial charge in [0, 0.05) is 118 Å². The molecule has 10 radical (unpaired) electrons. The third-order valence-corrected chi connectivity index (χ3v) is 0. The maximum Gasteiger partial charge on any atom is 0 e. The van der Waals surface area contributed by atoms with E-state index in [9.17, 15) is 0 Å². The van der Waals surface area contributed by atoms with Crippen LogP contribution in [0.15, 0.2) is 0 Å². The Morgan fingerprint density at radius 2 is 1.00 bits per heavy atom. The van der Waals surface area contributed by atoms with Crippen molar-refractivity contribution in [2.45, 2.75) is 0 Å². The summed E-state index contributed by atoms with van der Waals surface area (Å²) in [7, 11) is 0. The fraction of sp³-hybridized carbons (Fsp3) is 0. The van der Waals surface area contributed by atoms with Gasteiger partial charge in [-0.05, 0) is 0 Å². The molecular formula is AlHgInPbZn. The predicted octanol–water partition coefficient (Wildman–Crippen LogP) is -1.15. The first-order chi connectivity index (χ1) is 0. The molecule has 0 saturated heterocycles. The molecule has 5 heteroatoms. The first-order valence-corrected chi connectivity index (χ1v) is 0. The summed E-state index contributed by atoms with van der Waals surface area (Å²) in [5, 5.41) is 0. The van der Waals surface area contributed by atoms with Crippen LogP contribution < -0.4 is 0 Å². The van der Waals surface area contributed by atoms with Crippen LogP contribution in [0.25, 0.3) is 0 Å². The van der Waals surface area contributed by atoms with Gasteiger partial charge in [-0.1, -0.05) is 0 Å².